The summed E-state index contributed by atoms with van der Waals surface area (Å²) < 4.78 is 18.6. The number of benzene rings is 1. The van der Waals surface area contributed by atoms with Gasteiger partial charge in [0.25, 0.3) is 0 Å². The fourth-order valence-corrected chi connectivity index (χ4v) is 2.65. The average Bonchev–Trinajstić information content (AvgIpc) is 2.48. The fraction of sp³-hybridized carbons (Fsp3) is 0.562. The molecule has 1 aliphatic rings. The first-order chi connectivity index (χ1) is 10.1. The first-order valence-corrected chi connectivity index (χ1v) is 7.52. The van der Waals surface area contributed by atoms with Crippen molar-refractivity contribution in [3.8, 4) is 0 Å². The van der Waals surface area contributed by atoms with Crippen molar-refractivity contribution < 1.29 is 13.9 Å². The van der Waals surface area contributed by atoms with Crippen LogP contribution in [0, 0.1) is 5.82 Å². The third-order valence-corrected chi connectivity index (χ3v) is 3.73. The summed E-state index contributed by atoms with van der Waals surface area (Å²) in [6.45, 7) is 5.74. The van der Waals surface area contributed by atoms with Gasteiger partial charge in [-0.05, 0) is 44.9 Å². The predicted molar refractivity (Wildman–Crippen MR) is 80.9 cm³/mol. The fourth-order valence-electron chi connectivity index (χ4n) is 2.65. The number of hydrogen-bond donors (Lipinski definition) is 1. The largest absolute Gasteiger partial charge is 0.369 e. The highest BCUT2D eigenvalue weighted by Crippen LogP contribution is 2.20. The maximum Gasteiger partial charge on any atom is 0.249 e. The molecule has 1 aliphatic heterocycles. The topological polar surface area (TPSA) is 41.6 Å². The normalized spacial score (nSPS) is 20.1. The van der Waals surface area contributed by atoms with Gasteiger partial charge in [-0.15, -0.1) is 0 Å². The lowest BCUT2D eigenvalue weighted by Crippen LogP contribution is -2.50. The lowest BCUT2D eigenvalue weighted by molar-refractivity contribution is -0.132. The molecule has 0 bridgehead atoms. The quantitative estimate of drug-likeness (QED) is 0.906. The molecule has 1 amide bonds. The number of hydrogen-bond acceptors (Lipinski definition) is 3. The molecule has 1 heterocycles. The second-order valence-electron chi connectivity index (χ2n) is 5.37. The lowest BCUT2D eigenvalue weighted by atomic mass is 10.0. The Morgan fingerprint density at radius 3 is 3.10 bits per heavy atom. The van der Waals surface area contributed by atoms with Crippen LogP contribution in [0.2, 0.25) is 0 Å². The Morgan fingerprint density at radius 1 is 1.57 bits per heavy atom. The van der Waals surface area contributed by atoms with E-state index in [2.05, 4.69) is 10.2 Å². The van der Waals surface area contributed by atoms with Crippen LogP contribution < -0.4 is 10.2 Å². The second kappa shape index (κ2) is 7.41. The van der Waals surface area contributed by atoms with Gasteiger partial charge in [0.15, 0.2) is 0 Å². The van der Waals surface area contributed by atoms with Crippen molar-refractivity contribution >= 4 is 11.6 Å². The van der Waals surface area contributed by atoms with Crippen LogP contribution in [-0.2, 0) is 9.53 Å². The van der Waals surface area contributed by atoms with Crippen LogP contribution in [-0.4, -0.2) is 37.7 Å². The van der Waals surface area contributed by atoms with Crippen molar-refractivity contribution in [1.82, 2.24) is 5.32 Å². The Bertz CT molecular complexity index is 481. The van der Waals surface area contributed by atoms with Crippen LogP contribution in [0.3, 0.4) is 0 Å². The van der Waals surface area contributed by atoms with Crippen LogP contribution in [0.25, 0.3) is 0 Å². The van der Waals surface area contributed by atoms with E-state index in [-0.39, 0.29) is 17.8 Å². The molecule has 0 aliphatic carbocycles. The van der Waals surface area contributed by atoms with E-state index >= 15 is 0 Å². The minimum absolute atomic E-state index is 0.0806. The summed E-state index contributed by atoms with van der Waals surface area (Å²) in [6, 6.07) is 6.67. The van der Waals surface area contributed by atoms with Gasteiger partial charge < -0.3 is 15.0 Å². The number of ether oxygens (including phenoxy) is 1. The van der Waals surface area contributed by atoms with E-state index in [1.165, 1.54) is 12.1 Å². The second-order valence-corrected chi connectivity index (χ2v) is 5.37. The van der Waals surface area contributed by atoms with Gasteiger partial charge in [-0.3, -0.25) is 4.79 Å². The molecule has 2 atom stereocenters. The molecule has 4 nitrogen and oxygen atoms in total. The third kappa shape index (κ3) is 4.43. The van der Waals surface area contributed by atoms with Gasteiger partial charge in [0, 0.05) is 31.4 Å². The van der Waals surface area contributed by atoms with E-state index in [1.54, 1.807) is 13.0 Å². The van der Waals surface area contributed by atoms with Crippen LogP contribution in [0.5, 0.6) is 0 Å². The molecule has 0 saturated carbocycles. The molecule has 1 fully saturated rings. The Kier molecular flexibility index (Phi) is 5.56. The first-order valence-electron chi connectivity index (χ1n) is 7.52. The Morgan fingerprint density at radius 2 is 2.38 bits per heavy atom. The lowest BCUT2D eigenvalue weighted by Gasteiger charge is -2.35. The SMILES string of the molecule is CCO[C@H](C)C(=O)N[C@H]1CCCN(c2cccc(F)c2)C1. The first kappa shape index (κ1) is 15.8. The Hall–Kier alpha value is -1.62. The molecule has 0 aromatic heterocycles. The summed E-state index contributed by atoms with van der Waals surface area (Å²) in [5.74, 6) is -0.313. The average molecular weight is 294 g/mol. The number of carbonyl (C=O) groups is 1. The summed E-state index contributed by atoms with van der Waals surface area (Å²) in [5, 5.41) is 3.02. The van der Waals surface area contributed by atoms with Crippen LogP contribution in [0.1, 0.15) is 26.7 Å². The van der Waals surface area contributed by atoms with E-state index < -0.39 is 6.10 Å². The van der Waals surface area contributed by atoms with Crippen molar-refractivity contribution in [2.24, 2.45) is 0 Å². The van der Waals surface area contributed by atoms with Gasteiger partial charge in [-0.1, -0.05) is 6.07 Å². The maximum atomic E-state index is 13.3. The van der Waals surface area contributed by atoms with Crippen molar-refractivity contribution in [2.75, 3.05) is 24.6 Å². The van der Waals surface area contributed by atoms with E-state index in [1.807, 2.05) is 13.0 Å². The molecule has 0 unspecified atom stereocenters. The zero-order valence-electron chi connectivity index (χ0n) is 12.6. The molecule has 0 radical (unpaired) electrons. The summed E-state index contributed by atoms with van der Waals surface area (Å²) in [5.41, 5.74) is 0.867. The zero-order chi connectivity index (χ0) is 15.2. The van der Waals surface area contributed by atoms with Crippen molar-refractivity contribution in [3.63, 3.8) is 0 Å². The molecule has 116 valence electrons. The number of carbonyl (C=O) groups excluding carboxylic acids is 1. The molecule has 0 spiro atoms. The van der Waals surface area contributed by atoms with Crippen LogP contribution in [0.4, 0.5) is 10.1 Å². The zero-order valence-corrected chi connectivity index (χ0v) is 12.6. The number of nitrogens with zero attached hydrogens (tertiary/aromatic N) is 1. The van der Waals surface area contributed by atoms with Gasteiger partial charge in [-0.2, -0.15) is 0 Å². The third-order valence-electron chi connectivity index (χ3n) is 3.73. The molecule has 1 N–H and O–H groups in total. The van der Waals surface area contributed by atoms with E-state index in [0.717, 1.165) is 25.1 Å². The Labute approximate surface area is 125 Å². The molecule has 21 heavy (non-hydrogen) atoms. The standard InChI is InChI=1S/C16H23FN2O2/c1-3-21-12(2)16(20)18-14-7-5-9-19(11-14)15-8-4-6-13(17)10-15/h4,6,8,10,12,14H,3,5,7,9,11H2,1-2H3,(H,18,20)/t12-,14+/m1/s1. The predicted octanol–water partition coefficient (Wildman–Crippen LogP) is 2.34. The summed E-state index contributed by atoms with van der Waals surface area (Å²) in [4.78, 5) is 14.1. The monoisotopic (exact) mass is 294 g/mol. The van der Waals surface area contributed by atoms with Crippen LogP contribution in [0.15, 0.2) is 24.3 Å². The van der Waals surface area contributed by atoms with Gasteiger partial charge in [0.05, 0.1) is 0 Å². The van der Waals surface area contributed by atoms with Crippen LogP contribution >= 0.6 is 0 Å². The number of piperidine rings is 1. The summed E-state index contributed by atoms with van der Waals surface area (Å²) in [7, 11) is 0. The Balaban J connectivity index is 1.93. The molecule has 5 heteroatoms. The number of anilines is 1. The van der Waals surface area contributed by atoms with Gasteiger partial charge in [0.2, 0.25) is 5.91 Å². The minimum Gasteiger partial charge on any atom is -0.369 e. The molecule has 1 aromatic carbocycles. The van der Waals surface area contributed by atoms with Crippen molar-refractivity contribution in [1.29, 1.82) is 0 Å². The molecular formula is C16H23FN2O2. The smallest absolute Gasteiger partial charge is 0.249 e. The van der Waals surface area contributed by atoms with Crippen molar-refractivity contribution in [3.05, 3.63) is 30.1 Å². The van der Waals surface area contributed by atoms with Gasteiger partial charge in [0.1, 0.15) is 11.9 Å². The van der Waals surface area contributed by atoms with E-state index in [0.29, 0.717) is 13.2 Å². The minimum atomic E-state index is -0.431. The van der Waals surface area contributed by atoms with Crippen molar-refractivity contribution in [2.45, 2.75) is 38.8 Å². The van der Waals surface area contributed by atoms with Gasteiger partial charge >= 0.3 is 0 Å². The molecule has 1 saturated heterocycles. The number of rotatable bonds is 5. The summed E-state index contributed by atoms with van der Waals surface area (Å²) in [6.07, 6.45) is 1.49. The van der Waals surface area contributed by atoms with E-state index in [9.17, 15) is 9.18 Å². The van der Waals surface area contributed by atoms with E-state index in [4.69, 9.17) is 4.74 Å². The highest BCUT2D eigenvalue weighted by molar-refractivity contribution is 5.80. The van der Waals surface area contributed by atoms with Gasteiger partial charge in [-0.25, -0.2) is 4.39 Å². The number of nitrogens with one attached hydrogen (secondary N) is 1. The number of amides is 1. The molecule has 2 rings (SSSR count). The number of halogens is 1. The highest BCUT2D eigenvalue weighted by atomic mass is 19.1. The summed E-state index contributed by atoms with van der Waals surface area (Å²) >= 11 is 0. The maximum absolute atomic E-state index is 13.3. The molecule has 1 aromatic rings. The molecular weight excluding hydrogens is 271 g/mol. The highest BCUT2D eigenvalue weighted by Gasteiger charge is 2.23.